The molecule has 0 bridgehead atoms. The highest BCUT2D eigenvalue weighted by molar-refractivity contribution is 7.98. The lowest BCUT2D eigenvalue weighted by atomic mass is 10.3. The zero-order chi connectivity index (χ0) is 9.97. The van der Waals surface area contributed by atoms with Crippen LogP contribution >= 0.6 is 11.8 Å². The number of benzene rings is 1. The van der Waals surface area contributed by atoms with Crippen LogP contribution in [0.15, 0.2) is 29.4 Å². The molecule has 0 N–H and O–H groups in total. The van der Waals surface area contributed by atoms with Gasteiger partial charge in [0, 0.05) is 0 Å². The van der Waals surface area contributed by atoms with Gasteiger partial charge in [-0.1, -0.05) is 23.9 Å². The molecule has 2 aromatic rings. The minimum Gasteiger partial charge on any atom is -0.205 e. The standard InChI is InChI=1S/C8H7FN4S/c1-14-8-10-11-12-13(8)7-5-3-2-4-6(7)9/h2-5H,1H3. The summed E-state index contributed by atoms with van der Waals surface area (Å²) in [5.41, 5.74) is 0.363. The topological polar surface area (TPSA) is 43.6 Å². The summed E-state index contributed by atoms with van der Waals surface area (Å²) in [6.45, 7) is 0. The molecule has 1 aromatic carbocycles. The molecule has 0 aliphatic carbocycles. The molecule has 1 heterocycles. The monoisotopic (exact) mass is 210 g/mol. The number of nitrogens with zero attached hydrogens (tertiary/aromatic N) is 4. The fourth-order valence-corrected chi connectivity index (χ4v) is 1.51. The molecule has 1 aromatic heterocycles. The molecule has 72 valence electrons. The number of tetrazole rings is 1. The van der Waals surface area contributed by atoms with Crippen LogP contribution in [0, 0.1) is 5.82 Å². The first kappa shape index (κ1) is 9.14. The van der Waals surface area contributed by atoms with E-state index >= 15 is 0 Å². The maximum Gasteiger partial charge on any atom is 0.213 e. The van der Waals surface area contributed by atoms with Crippen LogP contribution in [0.3, 0.4) is 0 Å². The van der Waals surface area contributed by atoms with Gasteiger partial charge in [0.25, 0.3) is 0 Å². The van der Waals surface area contributed by atoms with Crippen LogP contribution in [0.2, 0.25) is 0 Å². The predicted octanol–water partition coefficient (Wildman–Crippen LogP) is 1.52. The zero-order valence-corrected chi connectivity index (χ0v) is 8.20. The molecule has 14 heavy (non-hydrogen) atoms. The first-order valence-corrected chi connectivity index (χ1v) is 5.12. The molecule has 0 fully saturated rings. The van der Waals surface area contributed by atoms with Gasteiger partial charge in [-0.05, 0) is 28.8 Å². The molecule has 0 atom stereocenters. The van der Waals surface area contributed by atoms with Gasteiger partial charge in [-0.15, -0.1) is 5.10 Å². The molecular weight excluding hydrogens is 203 g/mol. The quantitative estimate of drug-likeness (QED) is 0.705. The van der Waals surface area contributed by atoms with E-state index in [1.165, 1.54) is 22.5 Å². The minimum absolute atomic E-state index is 0.338. The normalized spacial score (nSPS) is 10.4. The Morgan fingerprint density at radius 1 is 1.36 bits per heavy atom. The average molecular weight is 210 g/mol. The van der Waals surface area contributed by atoms with Gasteiger partial charge >= 0.3 is 0 Å². The van der Waals surface area contributed by atoms with E-state index in [1.54, 1.807) is 18.2 Å². The summed E-state index contributed by atoms with van der Waals surface area (Å²) in [6.07, 6.45) is 1.84. The Morgan fingerprint density at radius 2 is 2.14 bits per heavy atom. The van der Waals surface area contributed by atoms with Crippen LogP contribution in [0.1, 0.15) is 0 Å². The van der Waals surface area contributed by atoms with E-state index in [1.807, 2.05) is 6.26 Å². The highest BCUT2D eigenvalue weighted by Crippen LogP contribution is 2.17. The van der Waals surface area contributed by atoms with Gasteiger partial charge in [0.05, 0.1) is 0 Å². The third-order valence-corrected chi connectivity index (χ3v) is 2.32. The van der Waals surface area contributed by atoms with Crippen LogP contribution in [-0.2, 0) is 0 Å². The number of hydrogen-bond acceptors (Lipinski definition) is 4. The molecule has 0 saturated carbocycles. The Morgan fingerprint density at radius 3 is 2.86 bits per heavy atom. The molecule has 0 aliphatic rings. The lowest BCUT2D eigenvalue weighted by molar-refractivity contribution is 0.599. The fraction of sp³-hybridized carbons (Fsp3) is 0.125. The SMILES string of the molecule is CSc1nnnn1-c1ccccc1F. The van der Waals surface area contributed by atoms with Gasteiger partial charge in [-0.2, -0.15) is 4.68 Å². The highest BCUT2D eigenvalue weighted by Gasteiger charge is 2.09. The lowest BCUT2D eigenvalue weighted by Crippen LogP contribution is -2.01. The van der Waals surface area contributed by atoms with Gasteiger partial charge in [0.1, 0.15) is 11.5 Å². The molecule has 0 spiro atoms. The molecule has 0 saturated heterocycles. The van der Waals surface area contributed by atoms with Crippen LogP contribution in [0.4, 0.5) is 4.39 Å². The summed E-state index contributed by atoms with van der Waals surface area (Å²) in [6, 6.07) is 6.37. The number of para-hydroxylation sites is 1. The second kappa shape index (κ2) is 3.75. The first-order valence-electron chi connectivity index (χ1n) is 3.90. The van der Waals surface area contributed by atoms with Crippen molar-refractivity contribution in [3.8, 4) is 5.69 Å². The van der Waals surface area contributed by atoms with Gasteiger partial charge in [0.2, 0.25) is 5.16 Å². The van der Waals surface area contributed by atoms with E-state index in [2.05, 4.69) is 15.5 Å². The smallest absolute Gasteiger partial charge is 0.205 e. The second-order valence-corrected chi connectivity index (χ2v) is 3.30. The van der Waals surface area contributed by atoms with E-state index in [4.69, 9.17) is 0 Å². The van der Waals surface area contributed by atoms with Crippen molar-refractivity contribution in [3.63, 3.8) is 0 Å². The Bertz CT molecular complexity index is 442. The van der Waals surface area contributed by atoms with E-state index in [9.17, 15) is 4.39 Å². The highest BCUT2D eigenvalue weighted by atomic mass is 32.2. The lowest BCUT2D eigenvalue weighted by Gasteiger charge is -2.02. The maximum atomic E-state index is 13.3. The maximum absolute atomic E-state index is 13.3. The third-order valence-electron chi connectivity index (χ3n) is 1.70. The Labute approximate surface area is 84.1 Å². The van der Waals surface area contributed by atoms with Crippen molar-refractivity contribution in [2.75, 3.05) is 6.26 Å². The Balaban J connectivity index is 2.54. The molecule has 0 unspecified atom stereocenters. The van der Waals surface area contributed by atoms with Crippen molar-refractivity contribution < 1.29 is 4.39 Å². The first-order chi connectivity index (χ1) is 6.83. The van der Waals surface area contributed by atoms with Crippen LogP contribution in [0.5, 0.6) is 0 Å². The zero-order valence-electron chi connectivity index (χ0n) is 7.38. The molecule has 6 heteroatoms. The summed E-state index contributed by atoms with van der Waals surface area (Å²) in [7, 11) is 0. The third kappa shape index (κ3) is 1.48. The second-order valence-electron chi connectivity index (χ2n) is 2.53. The van der Waals surface area contributed by atoms with Gasteiger partial charge in [-0.25, -0.2) is 4.39 Å². The van der Waals surface area contributed by atoms with Crippen LogP contribution < -0.4 is 0 Å². The number of halogens is 1. The van der Waals surface area contributed by atoms with Crippen molar-refractivity contribution >= 4 is 11.8 Å². The van der Waals surface area contributed by atoms with Crippen molar-refractivity contribution in [1.82, 2.24) is 20.2 Å². The fourth-order valence-electron chi connectivity index (χ4n) is 1.08. The number of thioether (sulfide) groups is 1. The van der Waals surface area contributed by atoms with Crippen LogP contribution in [-0.4, -0.2) is 26.5 Å². The van der Waals surface area contributed by atoms with Gasteiger partial charge in [0.15, 0.2) is 0 Å². The largest absolute Gasteiger partial charge is 0.213 e. The van der Waals surface area contributed by atoms with E-state index in [0.717, 1.165) is 0 Å². The number of hydrogen-bond donors (Lipinski definition) is 0. The van der Waals surface area contributed by atoms with Gasteiger partial charge in [-0.3, -0.25) is 0 Å². The number of aromatic nitrogens is 4. The molecule has 0 amide bonds. The summed E-state index contributed by atoms with van der Waals surface area (Å²) in [4.78, 5) is 0. The van der Waals surface area contributed by atoms with Gasteiger partial charge < -0.3 is 0 Å². The van der Waals surface area contributed by atoms with Crippen molar-refractivity contribution in [1.29, 1.82) is 0 Å². The predicted molar refractivity (Wildman–Crippen MR) is 50.9 cm³/mol. The molecule has 4 nitrogen and oxygen atoms in total. The van der Waals surface area contributed by atoms with Crippen molar-refractivity contribution in [3.05, 3.63) is 30.1 Å². The average Bonchev–Trinajstić information content (AvgIpc) is 2.66. The van der Waals surface area contributed by atoms with Crippen LogP contribution in [0.25, 0.3) is 5.69 Å². The van der Waals surface area contributed by atoms with E-state index < -0.39 is 0 Å². The molecule has 2 rings (SSSR count). The minimum atomic E-state index is -0.338. The van der Waals surface area contributed by atoms with E-state index in [0.29, 0.717) is 10.8 Å². The van der Waals surface area contributed by atoms with Crippen molar-refractivity contribution in [2.45, 2.75) is 5.16 Å². The summed E-state index contributed by atoms with van der Waals surface area (Å²) in [5, 5.41) is 11.5. The Kier molecular flexibility index (Phi) is 2.45. The Hall–Kier alpha value is -1.43. The number of rotatable bonds is 2. The summed E-state index contributed by atoms with van der Waals surface area (Å²) in [5.74, 6) is -0.338. The van der Waals surface area contributed by atoms with E-state index in [-0.39, 0.29) is 5.82 Å². The summed E-state index contributed by atoms with van der Waals surface area (Å²) >= 11 is 1.37. The molecule has 0 radical (unpaired) electrons. The summed E-state index contributed by atoms with van der Waals surface area (Å²) < 4.78 is 14.7. The van der Waals surface area contributed by atoms with Crippen molar-refractivity contribution in [2.24, 2.45) is 0 Å². The molecular formula is C8H7FN4S. The molecule has 0 aliphatic heterocycles.